The van der Waals surface area contributed by atoms with E-state index in [1.54, 1.807) is 30.9 Å². The Morgan fingerprint density at radius 3 is 2.67 bits per heavy atom. The molecule has 1 aliphatic rings. The summed E-state index contributed by atoms with van der Waals surface area (Å²) in [7, 11) is 1.69. The first-order valence-corrected chi connectivity index (χ1v) is 10.7. The van der Waals surface area contributed by atoms with E-state index in [1.807, 2.05) is 6.26 Å². The van der Waals surface area contributed by atoms with Gasteiger partial charge in [0.15, 0.2) is 12.8 Å². The van der Waals surface area contributed by atoms with Gasteiger partial charge >= 0.3 is 0 Å². The lowest BCUT2D eigenvalue weighted by atomic mass is 10.1. The molecule has 9 heteroatoms. The molecule has 30 heavy (non-hydrogen) atoms. The van der Waals surface area contributed by atoms with Crippen LogP contribution in [0.3, 0.4) is 0 Å². The molecule has 1 heterocycles. The van der Waals surface area contributed by atoms with Crippen molar-refractivity contribution in [2.45, 2.75) is 25.3 Å². The fourth-order valence-electron chi connectivity index (χ4n) is 3.21. The number of hydrogen-bond donors (Lipinski definition) is 2. The number of nitrogens with zero attached hydrogens (tertiary/aromatic N) is 1. The molecule has 0 saturated carbocycles. The van der Waals surface area contributed by atoms with Crippen molar-refractivity contribution in [3.63, 3.8) is 0 Å². The van der Waals surface area contributed by atoms with Crippen LogP contribution >= 0.6 is 35.7 Å². The number of aliphatic imine (C=N–C) groups is 1. The summed E-state index contributed by atoms with van der Waals surface area (Å²) in [6, 6.07) is 7.77. The number of guanidine groups is 1. The lowest BCUT2D eigenvalue weighted by Gasteiger charge is -2.21. The topological polar surface area (TPSA) is 54.9 Å². The minimum absolute atomic E-state index is 0. The Balaban J connectivity index is 0.00000320. The predicted molar refractivity (Wildman–Crippen MR) is 128 cm³/mol. The van der Waals surface area contributed by atoms with Gasteiger partial charge in [-0.1, -0.05) is 6.07 Å². The average molecular weight is 549 g/mol. The first-order chi connectivity index (χ1) is 14.1. The summed E-state index contributed by atoms with van der Waals surface area (Å²) in [5.74, 6) is 1.54. The standard InChI is InChI=1S/C21H25F2N3O2S.HI/c1-24-21(26-10-15-3-4-18(22)9-17(15)12-29-2)25-6-5-14-7-19(23)8-16-11-27-13-28-20(14)16;/h3-4,7-9H,5-6,10-13H2,1-2H3,(H2,24,25,26);1H. The lowest BCUT2D eigenvalue weighted by Crippen LogP contribution is -2.38. The molecular weight excluding hydrogens is 523 g/mol. The van der Waals surface area contributed by atoms with Gasteiger partial charge in [-0.15, -0.1) is 24.0 Å². The van der Waals surface area contributed by atoms with E-state index in [4.69, 9.17) is 9.47 Å². The molecule has 0 amide bonds. The van der Waals surface area contributed by atoms with E-state index in [0.717, 1.165) is 28.0 Å². The molecule has 0 unspecified atom stereocenters. The Morgan fingerprint density at radius 1 is 1.10 bits per heavy atom. The normalized spacial score (nSPS) is 13.1. The monoisotopic (exact) mass is 549 g/mol. The number of ether oxygens (including phenoxy) is 2. The highest BCUT2D eigenvalue weighted by molar-refractivity contribution is 14.0. The highest BCUT2D eigenvalue weighted by Gasteiger charge is 2.16. The van der Waals surface area contributed by atoms with Crippen molar-refractivity contribution < 1.29 is 18.3 Å². The second-order valence-corrected chi connectivity index (χ2v) is 7.48. The molecule has 2 aromatic carbocycles. The summed E-state index contributed by atoms with van der Waals surface area (Å²) < 4.78 is 38.1. The van der Waals surface area contributed by atoms with Crippen molar-refractivity contribution in [2.24, 2.45) is 4.99 Å². The lowest BCUT2D eigenvalue weighted by molar-refractivity contribution is -0.0172. The van der Waals surface area contributed by atoms with Crippen LogP contribution in [0.2, 0.25) is 0 Å². The Hall–Kier alpha value is -1.59. The van der Waals surface area contributed by atoms with Gasteiger partial charge in [0, 0.05) is 31.5 Å². The highest BCUT2D eigenvalue weighted by atomic mass is 127. The molecule has 3 rings (SSSR count). The highest BCUT2D eigenvalue weighted by Crippen LogP contribution is 2.29. The van der Waals surface area contributed by atoms with Crippen LogP contribution in [0.25, 0.3) is 0 Å². The van der Waals surface area contributed by atoms with Gasteiger partial charge in [0.05, 0.1) is 6.61 Å². The van der Waals surface area contributed by atoms with Crippen LogP contribution in [0, 0.1) is 11.6 Å². The molecule has 1 aliphatic heterocycles. The van der Waals surface area contributed by atoms with E-state index < -0.39 is 0 Å². The fourth-order valence-corrected chi connectivity index (χ4v) is 3.79. The maximum Gasteiger partial charge on any atom is 0.191 e. The number of fused-ring (bicyclic) bond motifs is 1. The van der Waals surface area contributed by atoms with Crippen molar-refractivity contribution in [3.05, 3.63) is 64.2 Å². The molecule has 0 radical (unpaired) electrons. The van der Waals surface area contributed by atoms with Gasteiger partial charge in [-0.25, -0.2) is 8.78 Å². The second-order valence-electron chi connectivity index (χ2n) is 6.61. The average Bonchev–Trinajstić information content (AvgIpc) is 2.71. The molecule has 0 aromatic heterocycles. The van der Waals surface area contributed by atoms with Gasteiger partial charge in [0.2, 0.25) is 0 Å². The van der Waals surface area contributed by atoms with E-state index in [2.05, 4.69) is 15.6 Å². The molecule has 2 N–H and O–H groups in total. The molecule has 0 atom stereocenters. The zero-order chi connectivity index (χ0) is 20.6. The van der Waals surface area contributed by atoms with Crippen LogP contribution in [-0.2, 0) is 30.1 Å². The van der Waals surface area contributed by atoms with E-state index >= 15 is 0 Å². The maximum absolute atomic E-state index is 13.8. The van der Waals surface area contributed by atoms with Gasteiger partial charge in [0.25, 0.3) is 0 Å². The SMILES string of the molecule is CN=C(NCCc1cc(F)cc2c1OCOC2)NCc1ccc(F)cc1CSC.I. The Labute approximate surface area is 197 Å². The number of thioether (sulfide) groups is 1. The molecule has 0 spiro atoms. The van der Waals surface area contributed by atoms with E-state index in [1.165, 1.54) is 18.2 Å². The van der Waals surface area contributed by atoms with Crippen LogP contribution in [-0.4, -0.2) is 32.6 Å². The van der Waals surface area contributed by atoms with Gasteiger partial charge in [-0.3, -0.25) is 4.99 Å². The van der Waals surface area contributed by atoms with Crippen LogP contribution in [0.4, 0.5) is 8.78 Å². The largest absolute Gasteiger partial charge is 0.467 e. The second kappa shape index (κ2) is 12.3. The third kappa shape index (κ3) is 6.71. The Bertz CT molecular complexity index is 884. The molecular formula is C21H26F2IN3O2S. The predicted octanol–water partition coefficient (Wildman–Crippen LogP) is 4.22. The maximum atomic E-state index is 13.8. The molecule has 0 saturated heterocycles. The summed E-state index contributed by atoms with van der Waals surface area (Å²) >= 11 is 1.65. The van der Waals surface area contributed by atoms with E-state index in [9.17, 15) is 8.78 Å². The molecule has 0 fully saturated rings. The van der Waals surface area contributed by atoms with Gasteiger partial charge in [0.1, 0.15) is 17.4 Å². The molecule has 5 nitrogen and oxygen atoms in total. The van der Waals surface area contributed by atoms with Crippen molar-refractivity contribution in [2.75, 3.05) is 26.6 Å². The summed E-state index contributed by atoms with van der Waals surface area (Å²) in [5, 5.41) is 6.47. The molecule has 164 valence electrons. The van der Waals surface area contributed by atoms with Gasteiger partial charge in [-0.2, -0.15) is 11.8 Å². The van der Waals surface area contributed by atoms with Crippen LogP contribution in [0.5, 0.6) is 5.75 Å². The first-order valence-electron chi connectivity index (χ1n) is 9.33. The van der Waals surface area contributed by atoms with Gasteiger partial charge < -0.3 is 20.1 Å². The minimum Gasteiger partial charge on any atom is -0.467 e. The third-order valence-corrected chi connectivity index (χ3v) is 5.18. The Morgan fingerprint density at radius 2 is 1.90 bits per heavy atom. The molecule has 2 aromatic rings. The van der Waals surface area contributed by atoms with Gasteiger partial charge in [-0.05, 0) is 53.6 Å². The number of rotatable bonds is 7. The quantitative estimate of drug-likeness (QED) is 0.308. The van der Waals surface area contributed by atoms with E-state index in [-0.39, 0.29) is 42.4 Å². The number of halogens is 3. The minimum atomic E-state index is -0.298. The van der Waals surface area contributed by atoms with Crippen molar-refractivity contribution in [1.82, 2.24) is 10.6 Å². The number of benzene rings is 2. The molecule has 0 aliphatic carbocycles. The first kappa shape index (κ1) is 24.7. The zero-order valence-corrected chi connectivity index (χ0v) is 20.1. The summed E-state index contributed by atoms with van der Waals surface area (Å²) in [6.07, 6.45) is 2.57. The number of hydrogen-bond acceptors (Lipinski definition) is 4. The Kier molecular flexibility index (Phi) is 10.1. The van der Waals surface area contributed by atoms with Crippen LogP contribution in [0.1, 0.15) is 22.3 Å². The zero-order valence-electron chi connectivity index (χ0n) is 17.0. The summed E-state index contributed by atoms with van der Waals surface area (Å²) in [6.45, 7) is 1.62. The van der Waals surface area contributed by atoms with Crippen molar-refractivity contribution >= 4 is 41.7 Å². The number of nitrogens with one attached hydrogen (secondary N) is 2. The van der Waals surface area contributed by atoms with Crippen molar-refractivity contribution in [1.29, 1.82) is 0 Å². The third-order valence-electron chi connectivity index (χ3n) is 4.58. The fraction of sp³-hybridized carbons (Fsp3) is 0.381. The summed E-state index contributed by atoms with van der Waals surface area (Å²) in [4.78, 5) is 4.22. The summed E-state index contributed by atoms with van der Waals surface area (Å²) in [5.41, 5.74) is 3.51. The smallest absolute Gasteiger partial charge is 0.191 e. The van der Waals surface area contributed by atoms with Crippen LogP contribution < -0.4 is 15.4 Å². The van der Waals surface area contributed by atoms with Crippen LogP contribution in [0.15, 0.2) is 35.3 Å². The molecule has 0 bridgehead atoms. The van der Waals surface area contributed by atoms with Crippen molar-refractivity contribution in [3.8, 4) is 5.75 Å². The van der Waals surface area contributed by atoms with E-state index in [0.29, 0.717) is 37.8 Å².